The summed E-state index contributed by atoms with van der Waals surface area (Å²) in [5, 5.41) is 27.4. The van der Waals surface area contributed by atoms with Crippen molar-refractivity contribution in [2.75, 3.05) is 19.0 Å². The summed E-state index contributed by atoms with van der Waals surface area (Å²) in [7, 11) is -1.25. The summed E-state index contributed by atoms with van der Waals surface area (Å²) < 4.78 is 36.3. The molecular weight excluding hydrogens is 666 g/mol. The number of aryl methyl sites for hydroxylation is 2. The van der Waals surface area contributed by atoms with Crippen molar-refractivity contribution < 1.29 is 22.7 Å². The molecule has 0 aliphatic heterocycles. The van der Waals surface area contributed by atoms with E-state index in [0.29, 0.717) is 27.5 Å². The molecule has 5 aromatic rings. The van der Waals surface area contributed by atoms with E-state index >= 15 is 0 Å². The lowest BCUT2D eigenvalue weighted by Gasteiger charge is -2.18. The van der Waals surface area contributed by atoms with Crippen LogP contribution in [0.15, 0.2) is 76.8 Å². The van der Waals surface area contributed by atoms with E-state index in [2.05, 4.69) is 50.9 Å². The number of hydrogen-bond acceptors (Lipinski definition) is 11. The summed E-state index contributed by atoms with van der Waals surface area (Å²) in [6, 6.07) is 11.6. The molecule has 0 saturated heterocycles. The van der Waals surface area contributed by atoms with Crippen molar-refractivity contribution in [2.45, 2.75) is 17.9 Å². The molecule has 19 heteroatoms. The fourth-order valence-corrected chi connectivity index (χ4v) is 6.03. The van der Waals surface area contributed by atoms with Crippen LogP contribution in [0.25, 0.3) is 22.9 Å². The molecule has 0 saturated carbocycles. The molecule has 4 N–H and O–H groups in total. The van der Waals surface area contributed by atoms with Crippen molar-refractivity contribution in [2.24, 2.45) is 7.05 Å². The third kappa shape index (κ3) is 7.97. The molecule has 5 rings (SSSR count). The molecule has 48 heavy (non-hydrogen) atoms. The van der Waals surface area contributed by atoms with Crippen molar-refractivity contribution >= 4 is 45.4 Å². The highest BCUT2D eigenvalue weighted by atomic mass is 35.5. The van der Waals surface area contributed by atoms with Gasteiger partial charge in [0.2, 0.25) is 15.9 Å². The second-order valence-electron chi connectivity index (χ2n) is 10.2. The number of methoxy groups -OCH3 is 1. The van der Waals surface area contributed by atoms with Crippen LogP contribution in [0.4, 0.5) is 10.5 Å². The number of tetrazole rings is 1. The zero-order valence-electron chi connectivity index (χ0n) is 25.6. The number of aromatic amines is 1. The monoisotopic (exact) mass is 693 g/mol. The molecule has 0 unspecified atom stereocenters. The van der Waals surface area contributed by atoms with Gasteiger partial charge in [0, 0.05) is 42.1 Å². The number of nitrogens with one attached hydrogen (secondary N) is 4. The minimum absolute atomic E-state index is 0.0400. The lowest BCUT2D eigenvalue weighted by atomic mass is 10.0. The normalized spacial score (nSPS) is 12.2. The van der Waals surface area contributed by atoms with Crippen LogP contribution < -0.4 is 20.9 Å². The molecule has 3 heterocycles. The number of amides is 2. The average Bonchev–Trinajstić information content (AvgIpc) is 3.72. The summed E-state index contributed by atoms with van der Waals surface area (Å²) in [6.07, 6.45) is 4.80. The van der Waals surface area contributed by atoms with Gasteiger partial charge in [0.15, 0.2) is 0 Å². The number of benzene rings is 2. The molecule has 0 aliphatic rings. The van der Waals surface area contributed by atoms with Gasteiger partial charge in [0.1, 0.15) is 11.2 Å². The largest absolute Gasteiger partial charge is 0.453 e. The molecular formula is C29H28ClN11O6S. The predicted molar refractivity (Wildman–Crippen MR) is 174 cm³/mol. The van der Waals surface area contributed by atoms with Gasteiger partial charge in [-0.1, -0.05) is 23.7 Å². The highest BCUT2D eigenvalue weighted by molar-refractivity contribution is 7.89. The van der Waals surface area contributed by atoms with Gasteiger partial charge in [-0.25, -0.2) is 23.0 Å². The number of rotatable bonds is 11. The zero-order valence-corrected chi connectivity index (χ0v) is 27.2. The second-order valence-corrected chi connectivity index (χ2v) is 12.4. The molecule has 0 aliphatic carbocycles. The standard InChI is InChI=1S/C29H28ClN11O6S/c1-17-26(15-40(2)37-17)48(45,46)32-14-24(34-27(42)11-6-19-12-20(30)7-10-25(19)41-16-31-38-39-41)23-13-22(28(43)36-35-23)18-4-8-21(9-5-18)33-29(44)47-3/h4-13,15-16,24,32H,14H2,1-3H3,(H,33,44)(H,34,42)(H,36,43)/t24-/m0/s1. The molecule has 17 nitrogen and oxygen atoms in total. The van der Waals surface area contributed by atoms with Gasteiger partial charge in [-0.2, -0.15) is 14.9 Å². The smallest absolute Gasteiger partial charge is 0.411 e. The molecule has 0 spiro atoms. The van der Waals surface area contributed by atoms with Gasteiger partial charge in [-0.3, -0.25) is 19.6 Å². The number of H-pyrrole nitrogens is 1. The number of aromatic nitrogens is 8. The van der Waals surface area contributed by atoms with Crippen LogP contribution in [0.3, 0.4) is 0 Å². The van der Waals surface area contributed by atoms with Crippen LogP contribution in [0.2, 0.25) is 5.02 Å². The Morgan fingerprint density at radius 2 is 1.92 bits per heavy atom. The quantitative estimate of drug-likeness (QED) is 0.147. The Morgan fingerprint density at radius 1 is 1.15 bits per heavy atom. The summed E-state index contributed by atoms with van der Waals surface area (Å²) in [4.78, 5) is 37.6. The van der Waals surface area contributed by atoms with E-state index in [1.165, 1.54) is 47.2 Å². The van der Waals surface area contributed by atoms with Gasteiger partial charge in [-0.05, 0) is 65.4 Å². The maximum Gasteiger partial charge on any atom is 0.411 e. The Hall–Kier alpha value is -5.72. The van der Waals surface area contributed by atoms with Crippen LogP contribution >= 0.6 is 11.6 Å². The van der Waals surface area contributed by atoms with E-state index in [1.54, 1.807) is 56.4 Å². The number of carbonyl (C=O) groups is 2. The number of ether oxygens (including phenoxy) is 1. The first-order valence-electron chi connectivity index (χ1n) is 14.0. The first kappa shape index (κ1) is 33.6. The third-order valence-corrected chi connectivity index (χ3v) is 8.62. The highest BCUT2D eigenvalue weighted by Crippen LogP contribution is 2.23. The first-order chi connectivity index (χ1) is 22.9. The Balaban J connectivity index is 1.45. The van der Waals surface area contributed by atoms with E-state index in [4.69, 9.17) is 11.6 Å². The summed E-state index contributed by atoms with van der Waals surface area (Å²) in [6.45, 7) is 1.21. The maximum absolute atomic E-state index is 13.3. The fourth-order valence-electron chi connectivity index (χ4n) is 4.58. The Bertz CT molecular complexity index is 2150. The van der Waals surface area contributed by atoms with Crippen molar-refractivity contribution in [1.29, 1.82) is 0 Å². The van der Waals surface area contributed by atoms with Crippen molar-refractivity contribution in [1.82, 2.24) is 50.2 Å². The van der Waals surface area contributed by atoms with Crippen LogP contribution in [-0.2, 0) is 26.6 Å². The van der Waals surface area contributed by atoms with Crippen LogP contribution in [-0.4, -0.2) is 74.3 Å². The van der Waals surface area contributed by atoms with Gasteiger partial charge in [0.05, 0.1) is 35.8 Å². The fraction of sp³-hybridized carbons (Fsp3) is 0.172. The summed E-state index contributed by atoms with van der Waals surface area (Å²) in [5.41, 5.74) is 2.01. The molecule has 2 amide bonds. The zero-order chi connectivity index (χ0) is 34.4. The van der Waals surface area contributed by atoms with E-state index in [0.717, 1.165) is 0 Å². The second kappa shape index (κ2) is 14.4. The number of hydrogen-bond donors (Lipinski definition) is 4. The minimum atomic E-state index is -4.07. The van der Waals surface area contributed by atoms with Crippen molar-refractivity contribution in [3.05, 3.63) is 99.5 Å². The topological polar surface area (TPSA) is 221 Å². The van der Waals surface area contributed by atoms with Gasteiger partial charge < -0.3 is 10.1 Å². The van der Waals surface area contributed by atoms with E-state index in [-0.39, 0.29) is 28.4 Å². The number of nitrogens with zero attached hydrogens (tertiary/aromatic N) is 7. The average molecular weight is 694 g/mol. The maximum atomic E-state index is 13.3. The van der Waals surface area contributed by atoms with Crippen molar-refractivity contribution in [3.63, 3.8) is 0 Å². The Morgan fingerprint density at radius 3 is 2.58 bits per heavy atom. The third-order valence-electron chi connectivity index (χ3n) is 6.86. The van der Waals surface area contributed by atoms with Crippen LogP contribution in [0.5, 0.6) is 0 Å². The van der Waals surface area contributed by atoms with Gasteiger partial charge >= 0.3 is 6.09 Å². The van der Waals surface area contributed by atoms with Crippen molar-refractivity contribution in [3.8, 4) is 16.8 Å². The van der Waals surface area contributed by atoms with Crippen LogP contribution in [0.1, 0.15) is 23.0 Å². The number of anilines is 1. The summed E-state index contributed by atoms with van der Waals surface area (Å²) >= 11 is 6.19. The summed E-state index contributed by atoms with van der Waals surface area (Å²) in [5.74, 6) is -0.618. The predicted octanol–water partition coefficient (Wildman–Crippen LogP) is 2.14. The molecule has 248 valence electrons. The van der Waals surface area contributed by atoms with Crippen LogP contribution in [0, 0.1) is 6.92 Å². The SMILES string of the molecule is COC(=O)Nc1ccc(-c2cc([C@H](CNS(=O)(=O)c3cn(C)nc3C)NC(=O)C=Cc3cc(Cl)ccc3-n3cnnn3)n[nH]c2=O)cc1. The molecule has 1 atom stereocenters. The highest BCUT2D eigenvalue weighted by Gasteiger charge is 2.24. The number of sulfonamides is 1. The molecule has 0 fully saturated rings. The molecule has 2 aromatic carbocycles. The van der Waals surface area contributed by atoms with Gasteiger partial charge in [0.25, 0.3) is 5.56 Å². The van der Waals surface area contributed by atoms with E-state index in [1.807, 2.05) is 0 Å². The minimum Gasteiger partial charge on any atom is -0.453 e. The molecule has 3 aromatic heterocycles. The van der Waals surface area contributed by atoms with Gasteiger partial charge in [-0.15, -0.1) is 5.10 Å². The Labute approximate surface area is 278 Å². The molecule has 0 bridgehead atoms. The van der Waals surface area contributed by atoms with E-state index < -0.39 is 33.6 Å². The molecule has 0 radical (unpaired) electrons. The first-order valence-corrected chi connectivity index (χ1v) is 15.9. The van der Waals surface area contributed by atoms with E-state index in [9.17, 15) is 22.8 Å². The lowest BCUT2D eigenvalue weighted by molar-refractivity contribution is -0.117. The Kier molecular flexibility index (Phi) is 10.1. The number of halogens is 1. The lowest BCUT2D eigenvalue weighted by Crippen LogP contribution is -2.38. The number of carbonyl (C=O) groups excluding carboxylic acids is 2.